The predicted octanol–water partition coefficient (Wildman–Crippen LogP) is 6.07. The van der Waals surface area contributed by atoms with Gasteiger partial charge in [-0.2, -0.15) is 0 Å². The van der Waals surface area contributed by atoms with E-state index in [0.29, 0.717) is 18.4 Å². The van der Waals surface area contributed by atoms with Crippen LogP contribution in [0.5, 0.6) is 5.75 Å². The molecule has 0 fully saturated rings. The lowest BCUT2D eigenvalue weighted by atomic mass is 10.0. The van der Waals surface area contributed by atoms with Crippen molar-refractivity contribution in [1.29, 1.82) is 5.41 Å². The maximum atomic E-state index is 8.77. The lowest BCUT2D eigenvalue weighted by molar-refractivity contribution is 0.306. The fourth-order valence-corrected chi connectivity index (χ4v) is 3.28. The van der Waals surface area contributed by atoms with E-state index in [9.17, 15) is 0 Å². The van der Waals surface area contributed by atoms with Crippen molar-refractivity contribution in [2.75, 3.05) is 5.32 Å². The maximum absolute atomic E-state index is 8.77. The minimum Gasteiger partial charge on any atom is -0.489 e. The molecule has 1 atom stereocenters. The molecular formula is C25H29N3O. The predicted molar refractivity (Wildman–Crippen MR) is 120 cm³/mol. The number of anilines is 1. The fourth-order valence-electron chi connectivity index (χ4n) is 3.28. The van der Waals surface area contributed by atoms with Crippen LogP contribution in [0, 0.1) is 5.41 Å². The van der Waals surface area contributed by atoms with Gasteiger partial charge in [-0.3, -0.25) is 5.41 Å². The van der Waals surface area contributed by atoms with Crippen LogP contribution in [-0.4, -0.2) is 16.7 Å². The third-order valence-electron chi connectivity index (χ3n) is 4.92. The van der Waals surface area contributed by atoms with E-state index >= 15 is 0 Å². The summed E-state index contributed by atoms with van der Waals surface area (Å²) in [5.74, 6) is 1.53. The summed E-state index contributed by atoms with van der Waals surface area (Å²) in [7, 11) is 0. The van der Waals surface area contributed by atoms with Gasteiger partial charge in [-0.25, -0.2) is 4.98 Å². The molecule has 0 aliphatic rings. The van der Waals surface area contributed by atoms with Crippen molar-refractivity contribution in [2.24, 2.45) is 0 Å². The normalized spacial score (nSPS) is 11.7. The molecule has 1 heterocycles. The highest BCUT2D eigenvalue weighted by Gasteiger charge is 2.14. The van der Waals surface area contributed by atoms with Crippen LogP contribution in [0.3, 0.4) is 0 Å². The molecule has 150 valence electrons. The first-order chi connectivity index (χ1) is 14.2. The molecule has 0 saturated carbocycles. The molecule has 4 nitrogen and oxygen atoms in total. The van der Waals surface area contributed by atoms with Crippen molar-refractivity contribution < 1.29 is 4.74 Å². The summed E-state index contributed by atoms with van der Waals surface area (Å²) in [6.07, 6.45) is 5.01. The minimum absolute atomic E-state index is 0.363. The molecule has 0 saturated heterocycles. The monoisotopic (exact) mass is 387 g/mol. The first-order valence-electron chi connectivity index (χ1n) is 10.3. The Bertz CT molecular complexity index is 924. The lowest BCUT2D eigenvalue weighted by Crippen LogP contribution is -2.21. The number of hydrogen-bond acceptors (Lipinski definition) is 4. The zero-order valence-electron chi connectivity index (χ0n) is 17.2. The van der Waals surface area contributed by atoms with Gasteiger partial charge in [-0.15, -0.1) is 0 Å². The van der Waals surface area contributed by atoms with Gasteiger partial charge >= 0.3 is 0 Å². The van der Waals surface area contributed by atoms with Crippen molar-refractivity contribution in [3.05, 3.63) is 89.6 Å². The minimum atomic E-state index is 0.363. The smallest absolute Gasteiger partial charge is 0.135 e. The second-order valence-corrected chi connectivity index (χ2v) is 7.11. The topological polar surface area (TPSA) is 58.0 Å². The number of nitrogens with one attached hydrogen (secondary N) is 2. The van der Waals surface area contributed by atoms with E-state index < -0.39 is 0 Å². The Labute approximate surface area is 173 Å². The molecule has 0 aliphatic heterocycles. The van der Waals surface area contributed by atoms with Gasteiger partial charge in [-0.1, -0.05) is 62.7 Å². The molecule has 1 aromatic heterocycles. The van der Waals surface area contributed by atoms with Crippen molar-refractivity contribution in [3.8, 4) is 5.75 Å². The molecule has 0 spiro atoms. The lowest BCUT2D eigenvalue weighted by Gasteiger charge is -2.19. The molecule has 0 aliphatic carbocycles. The Hall–Kier alpha value is -3.14. The molecular weight excluding hydrogens is 358 g/mol. The molecule has 29 heavy (non-hydrogen) atoms. The molecule has 2 aromatic carbocycles. The Morgan fingerprint density at radius 1 is 1.03 bits per heavy atom. The van der Waals surface area contributed by atoms with Crippen LogP contribution in [0.15, 0.2) is 72.9 Å². The number of nitrogens with zero attached hydrogens (tertiary/aromatic N) is 1. The van der Waals surface area contributed by atoms with Crippen LogP contribution < -0.4 is 10.1 Å². The van der Waals surface area contributed by atoms with E-state index in [4.69, 9.17) is 10.1 Å². The highest BCUT2D eigenvalue weighted by atomic mass is 16.5. The van der Waals surface area contributed by atoms with Gasteiger partial charge in [0.2, 0.25) is 0 Å². The van der Waals surface area contributed by atoms with E-state index in [0.717, 1.165) is 47.5 Å². The van der Waals surface area contributed by atoms with Gasteiger partial charge in [0.1, 0.15) is 18.2 Å². The van der Waals surface area contributed by atoms with Crippen LogP contribution in [0.25, 0.3) is 0 Å². The second-order valence-electron chi connectivity index (χ2n) is 7.11. The van der Waals surface area contributed by atoms with E-state index in [1.54, 1.807) is 6.20 Å². The van der Waals surface area contributed by atoms with Gasteiger partial charge < -0.3 is 10.1 Å². The molecule has 0 amide bonds. The molecule has 2 N–H and O–H groups in total. The van der Waals surface area contributed by atoms with Crippen LogP contribution in [0.1, 0.15) is 49.8 Å². The van der Waals surface area contributed by atoms with Crippen molar-refractivity contribution >= 4 is 11.5 Å². The van der Waals surface area contributed by atoms with E-state index in [-0.39, 0.29) is 0 Å². The summed E-state index contributed by atoms with van der Waals surface area (Å²) in [4.78, 5) is 4.51. The highest BCUT2D eigenvalue weighted by molar-refractivity contribution is 6.13. The molecule has 3 rings (SSSR count). The maximum Gasteiger partial charge on any atom is 0.135 e. The zero-order valence-corrected chi connectivity index (χ0v) is 17.2. The Morgan fingerprint density at radius 3 is 2.62 bits per heavy atom. The summed E-state index contributed by atoms with van der Waals surface area (Å²) in [6.45, 7) is 4.87. The third-order valence-corrected chi connectivity index (χ3v) is 4.92. The van der Waals surface area contributed by atoms with E-state index in [1.165, 1.54) is 0 Å². The quantitative estimate of drug-likeness (QED) is 0.415. The largest absolute Gasteiger partial charge is 0.489 e. The van der Waals surface area contributed by atoms with Gasteiger partial charge in [0.25, 0.3) is 0 Å². The Morgan fingerprint density at radius 2 is 1.86 bits per heavy atom. The summed E-state index contributed by atoms with van der Waals surface area (Å²) in [5, 5.41) is 12.3. The number of pyridine rings is 1. The fraction of sp³-hybridized carbons (Fsp3) is 0.280. The van der Waals surface area contributed by atoms with Gasteiger partial charge in [0, 0.05) is 23.4 Å². The molecule has 0 radical (unpaired) electrons. The van der Waals surface area contributed by atoms with Crippen molar-refractivity contribution in [3.63, 3.8) is 0 Å². The third kappa shape index (κ3) is 5.67. The molecule has 4 heteroatoms. The van der Waals surface area contributed by atoms with E-state index in [1.807, 2.05) is 66.7 Å². The van der Waals surface area contributed by atoms with Crippen molar-refractivity contribution in [2.45, 2.75) is 45.8 Å². The first-order valence-corrected chi connectivity index (χ1v) is 10.3. The summed E-state index contributed by atoms with van der Waals surface area (Å²) >= 11 is 0. The standard InChI is InChI=1S/C25H29N3O/c1-3-10-21(4-2)28-25-23(15-9-16-27-25)24(26)20-13-8-14-22(17-20)29-18-19-11-6-5-7-12-19/h5-9,11-17,21,26H,3-4,10,18H2,1-2H3,(H,27,28). The average Bonchev–Trinajstić information content (AvgIpc) is 2.78. The summed E-state index contributed by atoms with van der Waals surface area (Å²) in [5.41, 5.74) is 3.18. The average molecular weight is 388 g/mol. The van der Waals surface area contributed by atoms with Crippen LogP contribution in [-0.2, 0) is 6.61 Å². The van der Waals surface area contributed by atoms with Gasteiger partial charge in [0.05, 0.1) is 5.71 Å². The number of hydrogen-bond donors (Lipinski definition) is 2. The van der Waals surface area contributed by atoms with Crippen LogP contribution in [0.4, 0.5) is 5.82 Å². The van der Waals surface area contributed by atoms with E-state index in [2.05, 4.69) is 24.1 Å². The van der Waals surface area contributed by atoms with Crippen molar-refractivity contribution in [1.82, 2.24) is 4.98 Å². The first kappa shape index (κ1) is 20.6. The molecule has 1 unspecified atom stereocenters. The van der Waals surface area contributed by atoms with Gasteiger partial charge in [-0.05, 0) is 42.7 Å². The summed E-state index contributed by atoms with van der Waals surface area (Å²) < 4.78 is 5.93. The second kappa shape index (κ2) is 10.4. The molecule has 3 aromatic rings. The number of benzene rings is 2. The van der Waals surface area contributed by atoms with Gasteiger partial charge in [0.15, 0.2) is 0 Å². The Kier molecular flexibility index (Phi) is 7.40. The zero-order chi connectivity index (χ0) is 20.5. The summed E-state index contributed by atoms with van der Waals surface area (Å²) in [6, 6.07) is 22.0. The number of rotatable bonds is 10. The molecule has 0 bridgehead atoms. The van der Waals surface area contributed by atoms with Crippen LogP contribution >= 0.6 is 0 Å². The highest BCUT2D eigenvalue weighted by Crippen LogP contribution is 2.22. The number of ether oxygens (including phenoxy) is 1. The SMILES string of the molecule is CCCC(CC)Nc1ncccc1C(=N)c1cccc(OCc2ccccc2)c1. The Balaban J connectivity index is 1.77. The van der Waals surface area contributed by atoms with Crippen LogP contribution in [0.2, 0.25) is 0 Å². The number of aromatic nitrogens is 1.